The Bertz CT molecular complexity index is 1380. The van der Waals surface area contributed by atoms with E-state index in [1.54, 1.807) is 30.3 Å². The normalized spacial score (nSPS) is 16.0. The van der Waals surface area contributed by atoms with E-state index >= 15 is 4.39 Å². The monoisotopic (exact) mass is 560 g/mol. The van der Waals surface area contributed by atoms with Gasteiger partial charge >= 0.3 is 5.97 Å². The first-order valence-electron chi connectivity index (χ1n) is 12.3. The lowest BCUT2D eigenvalue weighted by Gasteiger charge is -2.41. The first-order chi connectivity index (χ1) is 18.2. The topological polar surface area (TPSA) is 62.7 Å². The molecule has 200 valence electrons. The molecule has 0 spiro atoms. The van der Waals surface area contributed by atoms with E-state index in [2.05, 4.69) is 21.7 Å². The third kappa shape index (κ3) is 6.74. The summed E-state index contributed by atoms with van der Waals surface area (Å²) < 4.78 is 35.0. The van der Waals surface area contributed by atoms with Crippen molar-refractivity contribution in [1.29, 1.82) is 0 Å². The van der Waals surface area contributed by atoms with E-state index in [0.29, 0.717) is 66.1 Å². The van der Waals surface area contributed by atoms with Gasteiger partial charge < -0.3 is 9.84 Å². The molecule has 1 saturated heterocycles. The van der Waals surface area contributed by atoms with E-state index in [4.69, 9.17) is 27.9 Å². The number of carbonyl (C=O) groups is 1. The highest BCUT2D eigenvalue weighted by molar-refractivity contribution is 6.32. The van der Waals surface area contributed by atoms with Crippen LogP contribution in [-0.4, -0.2) is 47.7 Å². The number of rotatable bonds is 8. The minimum Gasteiger partial charge on any atom is -0.497 e. The van der Waals surface area contributed by atoms with E-state index in [1.807, 2.05) is 0 Å². The van der Waals surface area contributed by atoms with Crippen LogP contribution in [0.3, 0.4) is 0 Å². The van der Waals surface area contributed by atoms with Crippen molar-refractivity contribution in [3.8, 4) is 17.6 Å². The molecule has 0 saturated carbocycles. The quantitative estimate of drug-likeness (QED) is 0.298. The fourth-order valence-electron chi connectivity index (χ4n) is 5.05. The van der Waals surface area contributed by atoms with Crippen LogP contribution in [0.5, 0.6) is 5.75 Å². The van der Waals surface area contributed by atoms with E-state index in [-0.39, 0.29) is 23.4 Å². The van der Waals surface area contributed by atoms with Crippen molar-refractivity contribution in [2.24, 2.45) is 5.41 Å². The zero-order chi connectivity index (χ0) is 27.3. The van der Waals surface area contributed by atoms with Crippen molar-refractivity contribution in [2.45, 2.75) is 38.3 Å². The van der Waals surface area contributed by atoms with Gasteiger partial charge in [0.05, 0.1) is 36.2 Å². The summed E-state index contributed by atoms with van der Waals surface area (Å²) in [4.78, 5) is 18.1. The second-order valence-corrected chi connectivity index (χ2v) is 10.5. The number of carboxylic acids is 1. The van der Waals surface area contributed by atoms with E-state index in [1.165, 1.54) is 19.4 Å². The number of alkyl halides is 1. The molecular weight excluding hydrogens is 533 g/mol. The molecule has 4 rings (SSSR count). The molecule has 1 aromatic heterocycles. The third-order valence-electron chi connectivity index (χ3n) is 7.21. The molecule has 0 bridgehead atoms. The Labute approximate surface area is 230 Å². The average Bonchev–Trinajstić information content (AvgIpc) is 2.89. The van der Waals surface area contributed by atoms with Gasteiger partial charge in [0.2, 0.25) is 0 Å². The summed E-state index contributed by atoms with van der Waals surface area (Å²) in [6.07, 6.45) is 1.76. The average molecular weight is 561 g/mol. The zero-order valence-electron chi connectivity index (χ0n) is 20.9. The molecule has 0 radical (unpaired) electrons. The number of aliphatic carboxylic acids is 1. The van der Waals surface area contributed by atoms with Gasteiger partial charge in [-0.1, -0.05) is 35.0 Å². The predicted molar refractivity (Wildman–Crippen MR) is 145 cm³/mol. The Morgan fingerprint density at radius 1 is 1.24 bits per heavy atom. The van der Waals surface area contributed by atoms with Crippen molar-refractivity contribution in [3.63, 3.8) is 0 Å². The number of piperidine rings is 1. The number of carboxylic acid groups (broad SMARTS) is 1. The van der Waals surface area contributed by atoms with Gasteiger partial charge in [-0.3, -0.25) is 14.7 Å². The molecule has 38 heavy (non-hydrogen) atoms. The summed E-state index contributed by atoms with van der Waals surface area (Å²) in [5.41, 5.74) is 0.708. The number of ether oxygens (including phenoxy) is 1. The van der Waals surface area contributed by atoms with Gasteiger partial charge in [-0.15, -0.1) is 0 Å². The van der Waals surface area contributed by atoms with Crippen molar-refractivity contribution in [1.82, 2.24) is 9.88 Å². The van der Waals surface area contributed by atoms with E-state index in [0.717, 1.165) is 0 Å². The number of nitrogens with zero attached hydrogens (tertiary/aromatic N) is 2. The maximum absolute atomic E-state index is 15.7. The fraction of sp³-hybridized carbons (Fsp3) is 0.379. The van der Waals surface area contributed by atoms with Crippen molar-refractivity contribution < 1.29 is 23.4 Å². The lowest BCUT2D eigenvalue weighted by atomic mass is 9.71. The minimum atomic E-state index is -1.39. The molecule has 1 atom stereocenters. The lowest BCUT2D eigenvalue weighted by molar-refractivity contribution is -0.141. The molecule has 2 heterocycles. The van der Waals surface area contributed by atoms with Crippen LogP contribution in [-0.2, 0) is 4.79 Å². The van der Waals surface area contributed by atoms with E-state index < -0.39 is 23.4 Å². The first-order valence-corrected chi connectivity index (χ1v) is 13.1. The number of methoxy groups -OCH3 is 1. The maximum atomic E-state index is 15.7. The summed E-state index contributed by atoms with van der Waals surface area (Å²) >= 11 is 12.2. The second-order valence-electron chi connectivity index (χ2n) is 9.68. The summed E-state index contributed by atoms with van der Waals surface area (Å²) in [7, 11) is 1.54. The first kappa shape index (κ1) is 28.1. The zero-order valence-corrected chi connectivity index (χ0v) is 22.5. The Morgan fingerprint density at radius 3 is 2.68 bits per heavy atom. The van der Waals surface area contributed by atoms with Gasteiger partial charge in [-0.2, -0.15) is 0 Å². The van der Waals surface area contributed by atoms with E-state index in [9.17, 15) is 14.3 Å². The molecule has 5 nitrogen and oxygen atoms in total. The molecule has 1 N–H and O–H groups in total. The van der Waals surface area contributed by atoms with Gasteiger partial charge in [0, 0.05) is 22.2 Å². The molecule has 2 aromatic carbocycles. The highest BCUT2D eigenvalue weighted by Gasteiger charge is 2.37. The third-order valence-corrected chi connectivity index (χ3v) is 7.75. The highest BCUT2D eigenvalue weighted by Crippen LogP contribution is 2.44. The molecular formula is C29H28Cl2F2N2O3. The fourth-order valence-corrected chi connectivity index (χ4v) is 5.48. The van der Waals surface area contributed by atoms with Gasteiger partial charge in [-0.05, 0) is 80.6 Å². The Morgan fingerprint density at radius 2 is 2.00 bits per heavy atom. The van der Waals surface area contributed by atoms with Crippen LogP contribution in [0.2, 0.25) is 10.0 Å². The Balaban J connectivity index is 1.43. The molecule has 0 amide bonds. The second kappa shape index (κ2) is 12.3. The molecule has 9 heteroatoms. The summed E-state index contributed by atoms with van der Waals surface area (Å²) in [6.45, 7) is 1.67. The van der Waals surface area contributed by atoms with Crippen LogP contribution >= 0.6 is 23.2 Å². The Hall–Kier alpha value is -2.92. The smallest absolute Gasteiger partial charge is 0.303 e. The van der Waals surface area contributed by atoms with Gasteiger partial charge in [0.1, 0.15) is 17.7 Å². The molecule has 1 aliphatic rings. The number of pyridine rings is 1. The highest BCUT2D eigenvalue weighted by atomic mass is 35.5. The SMILES string of the molecule is COc1ccc2ncc(Cl)c(C(F)CCC3(CC(=O)O)CCN(CC#Cc4ccc(Cl)cc4F)CC3)c2c1. The van der Waals surface area contributed by atoms with Crippen LogP contribution in [0, 0.1) is 23.1 Å². The Kier molecular flexibility index (Phi) is 9.09. The van der Waals surface area contributed by atoms with Crippen LogP contribution in [0.4, 0.5) is 8.78 Å². The van der Waals surface area contributed by atoms with Crippen LogP contribution in [0.1, 0.15) is 49.4 Å². The number of fused-ring (bicyclic) bond motifs is 1. The van der Waals surface area contributed by atoms with Crippen molar-refractivity contribution >= 4 is 40.1 Å². The lowest BCUT2D eigenvalue weighted by Crippen LogP contribution is -2.41. The molecule has 1 unspecified atom stereocenters. The van der Waals surface area contributed by atoms with Crippen molar-refractivity contribution in [2.75, 3.05) is 26.7 Å². The summed E-state index contributed by atoms with van der Waals surface area (Å²) in [6, 6.07) is 9.59. The summed E-state index contributed by atoms with van der Waals surface area (Å²) in [5, 5.41) is 10.7. The number of aromatic nitrogens is 1. The number of benzene rings is 2. The molecule has 3 aromatic rings. The van der Waals surface area contributed by atoms with Crippen LogP contribution in [0.25, 0.3) is 10.9 Å². The summed E-state index contributed by atoms with van der Waals surface area (Å²) in [5.74, 6) is 5.03. The van der Waals surface area contributed by atoms with Crippen molar-refractivity contribution in [3.05, 3.63) is 69.6 Å². The largest absolute Gasteiger partial charge is 0.497 e. The number of hydrogen-bond acceptors (Lipinski definition) is 4. The number of hydrogen-bond donors (Lipinski definition) is 1. The van der Waals surface area contributed by atoms with Gasteiger partial charge in [0.25, 0.3) is 0 Å². The maximum Gasteiger partial charge on any atom is 0.303 e. The van der Waals surface area contributed by atoms with Crippen LogP contribution in [0.15, 0.2) is 42.6 Å². The molecule has 1 fully saturated rings. The number of likely N-dealkylation sites (tertiary alicyclic amines) is 1. The van der Waals surface area contributed by atoms with Gasteiger partial charge in [0.15, 0.2) is 0 Å². The van der Waals surface area contributed by atoms with Crippen LogP contribution < -0.4 is 4.74 Å². The minimum absolute atomic E-state index is 0.0339. The standard InChI is InChI=1S/C29H28Cl2F2N2O3/c1-38-21-6-7-26-22(16-21)28(23(31)18-34-26)24(32)8-9-29(17-27(36)37)10-13-35(14-11-29)12-2-3-19-4-5-20(30)15-25(19)33/h4-7,15-16,18,24H,8-14,17H2,1H3,(H,36,37). The number of halogens is 4. The molecule has 0 aliphatic carbocycles. The van der Waals surface area contributed by atoms with Gasteiger partial charge in [-0.25, -0.2) is 8.78 Å². The predicted octanol–water partition coefficient (Wildman–Crippen LogP) is 7.09. The molecule has 1 aliphatic heterocycles.